The molecule has 0 atom stereocenters. The van der Waals surface area contributed by atoms with E-state index < -0.39 is 0 Å². The van der Waals surface area contributed by atoms with Crippen LogP contribution >= 0.6 is 0 Å². The number of aromatic nitrogens is 2. The normalized spacial score (nSPS) is 9.00. The molecule has 0 aromatic carbocycles. The second-order valence-corrected chi connectivity index (χ2v) is 2.04. The summed E-state index contributed by atoms with van der Waals surface area (Å²) in [6.45, 7) is 7.14. The van der Waals surface area contributed by atoms with Crippen LogP contribution in [0.1, 0.15) is 5.82 Å². The van der Waals surface area contributed by atoms with E-state index in [9.17, 15) is 4.79 Å². The lowest BCUT2D eigenvalue weighted by Crippen LogP contribution is -1.92. The number of anilines is 1. The van der Waals surface area contributed by atoms with Gasteiger partial charge < -0.3 is 9.88 Å². The number of carbonyl (C=O) groups is 1. The summed E-state index contributed by atoms with van der Waals surface area (Å²) in [6, 6.07) is 0. The van der Waals surface area contributed by atoms with Crippen molar-refractivity contribution in [2.75, 3.05) is 5.32 Å². The van der Waals surface area contributed by atoms with E-state index in [4.69, 9.17) is 0 Å². The average Bonchev–Trinajstić information content (AvgIpc) is 2.48. The molecule has 0 bridgehead atoms. The zero-order valence-corrected chi connectivity index (χ0v) is 6.53. The Morgan fingerprint density at radius 3 is 2.75 bits per heavy atom. The SMILES string of the molecule is C=Cc1nc(NC=O)cn1C=C. The number of hydrogen-bond acceptors (Lipinski definition) is 2. The number of nitrogens with one attached hydrogen (secondary N) is 1. The van der Waals surface area contributed by atoms with Crippen molar-refractivity contribution in [2.45, 2.75) is 0 Å². The van der Waals surface area contributed by atoms with Gasteiger partial charge in [0.05, 0.1) is 6.20 Å². The van der Waals surface area contributed by atoms with Crippen molar-refractivity contribution >= 4 is 24.5 Å². The van der Waals surface area contributed by atoms with Crippen LogP contribution in [0.4, 0.5) is 5.82 Å². The number of rotatable bonds is 4. The predicted molar refractivity (Wildman–Crippen MR) is 48.4 cm³/mol. The first-order valence-electron chi connectivity index (χ1n) is 3.36. The summed E-state index contributed by atoms with van der Waals surface area (Å²) in [4.78, 5) is 14.1. The summed E-state index contributed by atoms with van der Waals surface area (Å²) in [6.07, 6.45) is 5.39. The highest BCUT2D eigenvalue weighted by Gasteiger charge is 2.00. The van der Waals surface area contributed by atoms with Gasteiger partial charge in [-0.2, -0.15) is 0 Å². The Bertz CT molecular complexity index is 289. The molecule has 1 amide bonds. The van der Waals surface area contributed by atoms with Crippen LogP contribution in [0.15, 0.2) is 19.4 Å². The highest BCUT2D eigenvalue weighted by atomic mass is 16.1. The Hall–Kier alpha value is -1.84. The monoisotopic (exact) mass is 163 g/mol. The maximum absolute atomic E-state index is 10.1. The van der Waals surface area contributed by atoms with E-state index >= 15 is 0 Å². The molecule has 0 saturated heterocycles. The highest BCUT2D eigenvalue weighted by Crippen LogP contribution is 2.08. The summed E-state index contributed by atoms with van der Waals surface area (Å²) in [7, 11) is 0. The van der Waals surface area contributed by atoms with Crippen LogP contribution in [0.25, 0.3) is 12.3 Å². The first-order chi connectivity index (χ1) is 5.81. The zero-order chi connectivity index (χ0) is 8.97. The molecule has 0 fully saturated rings. The number of imidazole rings is 1. The topological polar surface area (TPSA) is 46.9 Å². The van der Waals surface area contributed by atoms with Crippen molar-refractivity contribution < 1.29 is 4.79 Å². The van der Waals surface area contributed by atoms with Crippen molar-refractivity contribution in [3.8, 4) is 0 Å². The van der Waals surface area contributed by atoms with Crippen molar-refractivity contribution in [3.63, 3.8) is 0 Å². The van der Waals surface area contributed by atoms with Gasteiger partial charge in [0.25, 0.3) is 0 Å². The molecule has 12 heavy (non-hydrogen) atoms. The van der Waals surface area contributed by atoms with Crippen LogP contribution < -0.4 is 5.32 Å². The molecular formula is C8H9N3O. The number of hydrogen-bond donors (Lipinski definition) is 1. The van der Waals surface area contributed by atoms with Crippen molar-refractivity contribution in [2.24, 2.45) is 0 Å². The quantitative estimate of drug-likeness (QED) is 0.678. The van der Waals surface area contributed by atoms with Gasteiger partial charge in [0, 0.05) is 6.20 Å². The Labute approximate surface area is 70.2 Å². The molecule has 4 heteroatoms. The summed E-state index contributed by atoms with van der Waals surface area (Å²) < 4.78 is 1.67. The summed E-state index contributed by atoms with van der Waals surface area (Å²) in [5.74, 6) is 1.13. The molecule has 1 N–H and O–H groups in total. The van der Waals surface area contributed by atoms with E-state index in [1.54, 1.807) is 23.0 Å². The molecule has 1 aromatic heterocycles. The molecule has 1 rings (SSSR count). The fraction of sp³-hybridized carbons (Fsp3) is 0. The lowest BCUT2D eigenvalue weighted by molar-refractivity contribution is -0.105. The van der Waals surface area contributed by atoms with Crippen LogP contribution in [0, 0.1) is 0 Å². The Morgan fingerprint density at radius 2 is 2.33 bits per heavy atom. The molecule has 0 aliphatic carbocycles. The fourth-order valence-corrected chi connectivity index (χ4v) is 0.835. The third-order valence-electron chi connectivity index (χ3n) is 1.35. The minimum atomic E-state index is 0.486. The van der Waals surface area contributed by atoms with Gasteiger partial charge in [-0.1, -0.05) is 13.2 Å². The van der Waals surface area contributed by atoms with Crippen LogP contribution in [0.5, 0.6) is 0 Å². The fourth-order valence-electron chi connectivity index (χ4n) is 0.835. The van der Waals surface area contributed by atoms with Gasteiger partial charge in [0.2, 0.25) is 6.41 Å². The minimum Gasteiger partial charge on any atom is -0.312 e. The molecular weight excluding hydrogens is 154 g/mol. The predicted octanol–water partition coefficient (Wildman–Crippen LogP) is 1.19. The van der Waals surface area contributed by atoms with Gasteiger partial charge in [-0.05, 0) is 6.08 Å². The molecule has 0 spiro atoms. The number of amides is 1. The first-order valence-corrected chi connectivity index (χ1v) is 3.36. The first kappa shape index (κ1) is 8.26. The van der Waals surface area contributed by atoms with Crippen LogP contribution in [0.2, 0.25) is 0 Å². The maximum atomic E-state index is 10.1. The van der Waals surface area contributed by atoms with Gasteiger partial charge in [-0.15, -0.1) is 0 Å². The van der Waals surface area contributed by atoms with E-state index in [1.165, 1.54) is 0 Å². The molecule has 1 heterocycles. The Kier molecular flexibility index (Phi) is 2.42. The molecule has 62 valence electrons. The maximum Gasteiger partial charge on any atom is 0.212 e. The van der Waals surface area contributed by atoms with Crippen LogP contribution in [-0.4, -0.2) is 16.0 Å². The average molecular weight is 163 g/mol. The number of nitrogens with zero attached hydrogens (tertiary/aromatic N) is 2. The summed E-state index contributed by atoms with van der Waals surface area (Å²) in [5.41, 5.74) is 0. The van der Waals surface area contributed by atoms with Gasteiger partial charge in [-0.25, -0.2) is 4.98 Å². The second-order valence-electron chi connectivity index (χ2n) is 2.04. The van der Waals surface area contributed by atoms with Gasteiger partial charge in [0.15, 0.2) is 5.82 Å². The second kappa shape index (κ2) is 3.52. The molecule has 0 saturated carbocycles. The third kappa shape index (κ3) is 1.42. The molecule has 0 unspecified atom stereocenters. The van der Waals surface area contributed by atoms with E-state index in [2.05, 4.69) is 23.5 Å². The van der Waals surface area contributed by atoms with Crippen molar-refractivity contribution in [3.05, 3.63) is 25.2 Å². The summed E-state index contributed by atoms with van der Waals surface area (Å²) >= 11 is 0. The standard InChI is InChI=1S/C8H9N3O/c1-3-8-10-7(9-6-12)5-11(8)4-2/h3-6H,1-2H2,(H,9,12). The Morgan fingerprint density at radius 1 is 1.58 bits per heavy atom. The van der Waals surface area contributed by atoms with Crippen molar-refractivity contribution in [1.29, 1.82) is 0 Å². The number of carbonyl (C=O) groups excluding carboxylic acids is 1. The molecule has 0 aliphatic rings. The Balaban J connectivity index is 3.03. The minimum absolute atomic E-state index is 0.486. The molecule has 1 aromatic rings. The summed E-state index contributed by atoms with van der Waals surface area (Å²) in [5, 5.41) is 2.43. The largest absolute Gasteiger partial charge is 0.312 e. The van der Waals surface area contributed by atoms with E-state index in [1.807, 2.05) is 0 Å². The van der Waals surface area contributed by atoms with E-state index in [0.717, 1.165) is 0 Å². The lowest BCUT2D eigenvalue weighted by Gasteiger charge is -1.91. The van der Waals surface area contributed by atoms with Crippen molar-refractivity contribution in [1.82, 2.24) is 9.55 Å². The smallest absolute Gasteiger partial charge is 0.212 e. The third-order valence-corrected chi connectivity index (χ3v) is 1.35. The van der Waals surface area contributed by atoms with Gasteiger partial charge >= 0.3 is 0 Å². The van der Waals surface area contributed by atoms with Crippen LogP contribution in [0.3, 0.4) is 0 Å². The van der Waals surface area contributed by atoms with Gasteiger partial charge in [-0.3, -0.25) is 4.79 Å². The van der Waals surface area contributed by atoms with E-state index in [-0.39, 0.29) is 0 Å². The van der Waals surface area contributed by atoms with E-state index in [0.29, 0.717) is 18.1 Å². The lowest BCUT2D eigenvalue weighted by atomic mass is 10.6. The molecule has 0 radical (unpaired) electrons. The molecule has 0 aliphatic heterocycles. The van der Waals surface area contributed by atoms with Gasteiger partial charge in [0.1, 0.15) is 5.82 Å². The molecule has 4 nitrogen and oxygen atoms in total. The zero-order valence-electron chi connectivity index (χ0n) is 6.53. The van der Waals surface area contributed by atoms with Crippen LogP contribution in [-0.2, 0) is 4.79 Å². The highest BCUT2D eigenvalue weighted by molar-refractivity contribution is 5.69.